The highest BCUT2D eigenvalue weighted by Gasteiger charge is 1.95. The van der Waals surface area contributed by atoms with E-state index in [2.05, 4.69) is 36.4 Å². The molecule has 1 heterocycles. The molecule has 0 aliphatic carbocycles. The molecule has 6 heteroatoms. The van der Waals surface area contributed by atoms with Gasteiger partial charge >= 0.3 is 0 Å². The number of anilines is 1. The van der Waals surface area contributed by atoms with E-state index in [-0.39, 0.29) is 5.95 Å². The smallest absolute Gasteiger partial charge is 0.249 e. The maximum Gasteiger partial charge on any atom is 0.249 e. The van der Waals surface area contributed by atoms with Gasteiger partial charge in [-0.05, 0) is 15.9 Å². The quantitative estimate of drug-likeness (QED) is 0.653. The minimum Gasteiger partial charge on any atom is -0.296 e. The molecule has 0 radical (unpaired) electrons. The zero-order chi connectivity index (χ0) is 6.69. The summed E-state index contributed by atoms with van der Waals surface area (Å²) in [6.07, 6.45) is 0.510. The van der Waals surface area contributed by atoms with Crippen LogP contribution in [0.1, 0.15) is 0 Å². The van der Waals surface area contributed by atoms with Gasteiger partial charge in [-0.2, -0.15) is 4.98 Å². The number of halogens is 1. The summed E-state index contributed by atoms with van der Waals surface area (Å²) < 4.78 is 0.492. The molecule has 2 N–H and O–H groups in total. The number of nitrogens with zero attached hydrogens (tertiary/aromatic N) is 2. The summed E-state index contributed by atoms with van der Waals surface area (Å²) in [5, 5.41) is 8.33. The minimum absolute atomic E-state index is 0.261. The molecule has 5 nitrogen and oxygen atoms in total. The van der Waals surface area contributed by atoms with Crippen LogP contribution >= 0.6 is 15.9 Å². The molecule has 1 aromatic rings. The Hall–Kier alpha value is -0.910. The van der Waals surface area contributed by atoms with Crippen molar-refractivity contribution in [3.05, 3.63) is 4.73 Å². The Morgan fingerprint density at radius 3 is 3.00 bits per heavy atom. The highest BCUT2D eigenvalue weighted by atomic mass is 79.9. The summed E-state index contributed by atoms with van der Waals surface area (Å²) in [4.78, 5) is 13.5. The summed E-state index contributed by atoms with van der Waals surface area (Å²) >= 11 is 3.02. The predicted molar refractivity (Wildman–Crippen MR) is 33.8 cm³/mol. The Morgan fingerprint density at radius 1 is 1.78 bits per heavy atom. The monoisotopic (exact) mass is 190 g/mol. The largest absolute Gasteiger partial charge is 0.296 e. The van der Waals surface area contributed by atoms with Gasteiger partial charge in [0.2, 0.25) is 12.4 Å². The van der Waals surface area contributed by atoms with Crippen LogP contribution in [0.2, 0.25) is 0 Å². The number of nitrogens with one attached hydrogen (secondary N) is 2. The van der Waals surface area contributed by atoms with Gasteiger partial charge in [-0.3, -0.25) is 15.2 Å². The number of carbonyl (C=O) groups is 1. The molecule has 0 aromatic carbocycles. The lowest BCUT2D eigenvalue weighted by Crippen LogP contribution is -1.94. The fourth-order valence-electron chi connectivity index (χ4n) is 0.359. The number of aromatic nitrogens is 3. The Labute approximate surface area is 59.0 Å². The normalized spacial score (nSPS) is 9.00. The third kappa shape index (κ3) is 1.49. The van der Waals surface area contributed by atoms with Crippen LogP contribution in [0.5, 0.6) is 0 Å². The van der Waals surface area contributed by atoms with Crippen LogP contribution < -0.4 is 5.32 Å². The lowest BCUT2D eigenvalue weighted by Gasteiger charge is -1.81. The van der Waals surface area contributed by atoms with Crippen LogP contribution in [0.15, 0.2) is 4.73 Å². The highest BCUT2D eigenvalue weighted by Crippen LogP contribution is 2.02. The molecular weight excluding hydrogens is 188 g/mol. The van der Waals surface area contributed by atoms with Crippen LogP contribution in [-0.4, -0.2) is 21.6 Å². The van der Waals surface area contributed by atoms with E-state index in [0.717, 1.165) is 0 Å². The molecule has 9 heavy (non-hydrogen) atoms. The molecule has 48 valence electrons. The molecule has 0 aliphatic rings. The molecule has 0 saturated carbocycles. The molecule has 0 atom stereocenters. The summed E-state index contributed by atoms with van der Waals surface area (Å²) in [6.45, 7) is 0. The Bertz CT molecular complexity index is 209. The van der Waals surface area contributed by atoms with Crippen molar-refractivity contribution < 1.29 is 4.79 Å². The number of amides is 1. The fraction of sp³-hybridized carbons (Fsp3) is 0. The molecule has 1 amide bonds. The van der Waals surface area contributed by atoms with Crippen molar-refractivity contribution in [3.8, 4) is 0 Å². The second kappa shape index (κ2) is 2.58. The van der Waals surface area contributed by atoms with Crippen LogP contribution in [0, 0.1) is 0 Å². The zero-order valence-corrected chi connectivity index (χ0v) is 5.84. The summed E-state index contributed by atoms with van der Waals surface area (Å²) in [5.41, 5.74) is 0. The minimum atomic E-state index is 0.261. The van der Waals surface area contributed by atoms with Gasteiger partial charge in [0.15, 0.2) is 4.73 Å². The zero-order valence-electron chi connectivity index (χ0n) is 4.26. The fourth-order valence-corrected chi connectivity index (χ4v) is 0.616. The first-order valence-electron chi connectivity index (χ1n) is 2.11. The SMILES string of the molecule is O=CNc1n[nH]c(Br)n1. The van der Waals surface area contributed by atoms with Gasteiger partial charge in [0.05, 0.1) is 0 Å². The Kier molecular flexibility index (Phi) is 1.78. The van der Waals surface area contributed by atoms with E-state index in [0.29, 0.717) is 11.1 Å². The van der Waals surface area contributed by atoms with E-state index in [1.165, 1.54) is 0 Å². The first-order chi connectivity index (χ1) is 4.33. The van der Waals surface area contributed by atoms with Gasteiger partial charge in [-0.1, -0.05) is 0 Å². The van der Waals surface area contributed by atoms with Crippen molar-refractivity contribution in [1.29, 1.82) is 0 Å². The summed E-state index contributed by atoms with van der Waals surface area (Å²) in [6, 6.07) is 0. The van der Waals surface area contributed by atoms with E-state index in [1.54, 1.807) is 0 Å². The summed E-state index contributed by atoms with van der Waals surface area (Å²) in [7, 11) is 0. The number of hydrogen-bond acceptors (Lipinski definition) is 3. The molecule has 0 spiro atoms. The van der Waals surface area contributed by atoms with Gasteiger partial charge in [0.25, 0.3) is 0 Å². The number of carbonyl (C=O) groups excluding carboxylic acids is 1. The average Bonchev–Trinajstić information content (AvgIpc) is 2.17. The van der Waals surface area contributed by atoms with Crippen molar-refractivity contribution in [2.24, 2.45) is 0 Å². The van der Waals surface area contributed by atoms with Crippen molar-refractivity contribution in [2.45, 2.75) is 0 Å². The maximum atomic E-state index is 9.76. The van der Waals surface area contributed by atoms with Gasteiger partial charge in [-0.25, -0.2) is 0 Å². The molecule has 1 rings (SSSR count). The van der Waals surface area contributed by atoms with Crippen molar-refractivity contribution in [3.63, 3.8) is 0 Å². The second-order valence-electron chi connectivity index (χ2n) is 1.21. The van der Waals surface area contributed by atoms with Gasteiger partial charge in [0, 0.05) is 0 Å². The molecule has 1 aromatic heterocycles. The van der Waals surface area contributed by atoms with E-state index < -0.39 is 0 Å². The topological polar surface area (TPSA) is 70.7 Å². The lowest BCUT2D eigenvalue weighted by atomic mass is 11.0. The van der Waals surface area contributed by atoms with Crippen LogP contribution in [0.4, 0.5) is 5.95 Å². The third-order valence-corrected chi connectivity index (χ3v) is 1.00. The van der Waals surface area contributed by atoms with Gasteiger partial charge < -0.3 is 0 Å². The maximum absolute atomic E-state index is 9.76. The first-order valence-corrected chi connectivity index (χ1v) is 2.90. The second-order valence-corrected chi connectivity index (χ2v) is 1.96. The Morgan fingerprint density at radius 2 is 2.56 bits per heavy atom. The molecule has 0 bridgehead atoms. The number of H-pyrrole nitrogens is 1. The van der Waals surface area contributed by atoms with Crippen LogP contribution in [-0.2, 0) is 4.79 Å². The number of aromatic amines is 1. The first kappa shape index (κ1) is 6.21. The summed E-state index contributed by atoms with van der Waals surface area (Å²) in [5.74, 6) is 0.261. The van der Waals surface area contributed by atoms with Crippen molar-refractivity contribution in [1.82, 2.24) is 15.2 Å². The van der Waals surface area contributed by atoms with Gasteiger partial charge in [0.1, 0.15) is 0 Å². The van der Waals surface area contributed by atoms with E-state index in [1.807, 2.05) is 0 Å². The predicted octanol–water partition coefficient (Wildman–Crippen LogP) is 0.135. The molecular formula is C3H3BrN4O. The van der Waals surface area contributed by atoms with Gasteiger partial charge in [-0.15, -0.1) is 5.10 Å². The standard InChI is InChI=1S/C3H3BrN4O/c4-2-6-3(5-1-9)8-7-2/h1H,(H2,5,6,7,8,9). The highest BCUT2D eigenvalue weighted by molar-refractivity contribution is 9.10. The number of hydrogen-bond donors (Lipinski definition) is 2. The van der Waals surface area contributed by atoms with Crippen molar-refractivity contribution >= 4 is 28.3 Å². The molecule has 0 aliphatic heterocycles. The third-order valence-electron chi connectivity index (χ3n) is 0.646. The van der Waals surface area contributed by atoms with Crippen LogP contribution in [0.3, 0.4) is 0 Å². The van der Waals surface area contributed by atoms with E-state index in [9.17, 15) is 4.79 Å². The molecule has 0 saturated heterocycles. The van der Waals surface area contributed by atoms with Crippen LogP contribution in [0.25, 0.3) is 0 Å². The Balaban J connectivity index is 2.72. The molecule has 0 unspecified atom stereocenters. The van der Waals surface area contributed by atoms with E-state index in [4.69, 9.17) is 0 Å². The number of rotatable bonds is 2. The molecule has 0 fully saturated rings. The lowest BCUT2D eigenvalue weighted by molar-refractivity contribution is -0.105. The van der Waals surface area contributed by atoms with Crippen molar-refractivity contribution in [2.75, 3.05) is 5.32 Å². The average molecular weight is 191 g/mol. The van der Waals surface area contributed by atoms with E-state index >= 15 is 0 Å².